The lowest BCUT2D eigenvalue weighted by Crippen LogP contribution is -2.31. The molecule has 136 valence electrons. The summed E-state index contributed by atoms with van der Waals surface area (Å²) in [6.07, 6.45) is 5.30. The average molecular weight is 354 g/mol. The zero-order valence-electron chi connectivity index (χ0n) is 14.7. The number of anilines is 4. The maximum atomic E-state index is 12.5. The number of nitrogens with zero attached hydrogens (tertiary/aromatic N) is 2. The largest absolute Gasteiger partial charge is 0.487 e. The van der Waals surface area contributed by atoms with E-state index in [0.29, 0.717) is 47.6 Å². The molecule has 0 saturated carbocycles. The molecule has 1 aliphatic heterocycles. The van der Waals surface area contributed by atoms with Crippen molar-refractivity contribution in [3.05, 3.63) is 42.1 Å². The minimum Gasteiger partial charge on any atom is -0.487 e. The molecule has 0 radical (unpaired) electrons. The van der Waals surface area contributed by atoms with Crippen LogP contribution >= 0.6 is 0 Å². The molecule has 5 N–H and O–H groups in total. The van der Waals surface area contributed by atoms with Crippen LogP contribution in [0.1, 0.15) is 24.2 Å². The van der Waals surface area contributed by atoms with Crippen LogP contribution in [-0.4, -0.2) is 35.1 Å². The summed E-state index contributed by atoms with van der Waals surface area (Å²) in [5.41, 5.74) is 7.57. The number of nitrogens with one attached hydrogen (secondary N) is 3. The second-order valence-electron chi connectivity index (χ2n) is 6.12. The third kappa shape index (κ3) is 4.21. The van der Waals surface area contributed by atoms with Crippen LogP contribution in [0.25, 0.3) is 0 Å². The van der Waals surface area contributed by atoms with Crippen LogP contribution in [0.15, 0.2) is 36.5 Å². The van der Waals surface area contributed by atoms with E-state index in [9.17, 15) is 4.79 Å². The first-order chi connectivity index (χ1) is 12.5. The lowest BCUT2D eigenvalue weighted by molar-refractivity contribution is 0.0943. The highest BCUT2D eigenvalue weighted by molar-refractivity contribution is 5.99. The monoisotopic (exact) mass is 354 g/mol. The maximum absolute atomic E-state index is 12.5. The Hall–Kier alpha value is -3.29. The standard InChI is InChI=1S/C18H22N6O2/c1-11(2)22-17(25)13-10-21-18-20-7-3-4-8-26-15-9-12(5-6-14(15)19)23-16(13)24-18/h3-6,9-11H,7-8,19H2,1-2H3,(H,22,25)(H2,20,21,23,24)/b4-3-. The summed E-state index contributed by atoms with van der Waals surface area (Å²) in [5, 5.41) is 9.11. The number of hydrogen-bond acceptors (Lipinski definition) is 7. The van der Waals surface area contributed by atoms with Gasteiger partial charge in [-0.05, 0) is 32.1 Å². The van der Waals surface area contributed by atoms with Gasteiger partial charge in [-0.3, -0.25) is 4.79 Å². The van der Waals surface area contributed by atoms with Crippen molar-refractivity contribution in [1.29, 1.82) is 0 Å². The number of hydrogen-bond donors (Lipinski definition) is 4. The van der Waals surface area contributed by atoms with Gasteiger partial charge in [0.2, 0.25) is 5.95 Å². The number of rotatable bonds is 2. The highest BCUT2D eigenvalue weighted by atomic mass is 16.5. The molecule has 2 aromatic rings. The van der Waals surface area contributed by atoms with Gasteiger partial charge in [0.1, 0.15) is 23.7 Å². The first kappa shape index (κ1) is 17.5. The maximum Gasteiger partial charge on any atom is 0.256 e. The Bertz CT molecular complexity index is 834. The molecule has 2 heterocycles. The highest BCUT2D eigenvalue weighted by Crippen LogP contribution is 2.28. The smallest absolute Gasteiger partial charge is 0.256 e. The van der Waals surface area contributed by atoms with Crippen LogP contribution < -0.4 is 26.4 Å². The topological polar surface area (TPSA) is 114 Å². The van der Waals surface area contributed by atoms with Gasteiger partial charge >= 0.3 is 0 Å². The Morgan fingerprint density at radius 1 is 1.35 bits per heavy atom. The van der Waals surface area contributed by atoms with Crippen molar-refractivity contribution >= 4 is 29.0 Å². The Morgan fingerprint density at radius 2 is 2.19 bits per heavy atom. The molecule has 0 unspecified atom stereocenters. The van der Waals surface area contributed by atoms with Crippen molar-refractivity contribution in [2.75, 3.05) is 29.5 Å². The Kier molecular flexibility index (Phi) is 5.21. The fourth-order valence-electron chi connectivity index (χ4n) is 2.38. The molecule has 26 heavy (non-hydrogen) atoms. The zero-order chi connectivity index (χ0) is 18.5. The molecular weight excluding hydrogens is 332 g/mol. The molecule has 3 rings (SSSR count). The molecule has 1 amide bonds. The molecule has 0 spiro atoms. The number of carbonyl (C=O) groups is 1. The van der Waals surface area contributed by atoms with Crippen molar-refractivity contribution in [3.63, 3.8) is 0 Å². The van der Waals surface area contributed by atoms with Gasteiger partial charge in [0, 0.05) is 30.5 Å². The summed E-state index contributed by atoms with van der Waals surface area (Å²) < 4.78 is 5.69. The summed E-state index contributed by atoms with van der Waals surface area (Å²) in [7, 11) is 0. The molecule has 0 aliphatic carbocycles. The summed E-state index contributed by atoms with van der Waals surface area (Å²) >= 11 is 0. The molecule has 4 bridgehead atoms. The number of carbonyl (C=O) groups excluding carboxylic acids is 1. The number of ether oxygens (including phenoxy) is 1. The summed E-state index contributed by atoms with van der Waals surface area (Å²) in [6.45, 7) is 4.73. The van der Waals surface area contributed by atoms with E-state index in [1.807, 2.05) is 26.0 Å². The van der Waals surface area contributed by atoms with Crippen molar-refractivity contribution in [2.24, 2.45) is 0 Å². The van der Waals surface area contributed by atoms with Crippen LogP contribution in [0.3, 0.4) is 0 Å². The summed E-state index contributed by atoms with van der Waals surface area (Å²) in [4.78, 5) is 21.1. The van der Waals surface area contributed by atoms with Crippen LogP contribution in [0.4, 0.5) is 23.1 Å². The number of benzene rings is 1. The zero-order valence-corrected chi connectivity index (χ0v) is 14.7. The second-order valence-corrected chi connectivity index (χ2v) is 6.12. The van der Waals surface area contributed by atoms with E-state index in [2.05, 4.69) is 25.9 Å². The second kappa shape index (κ2) is 7.73. The van der Waals surface area contributed by atoms with Crippen molar-refractivity contribution in [2.45, 2.75) is 19.9 Å². The molecule has 0 saturated heterocycles. The molecule has 1 aliphatic rings. The Balaban J connectivity index is 2.01. The number of nitrogens with two attached hydrogens (primary N) is 1. The van der Waals surface area contributed by atoms with Gasteiger partial charge in [0.15, 0.2) is 0 Å². The molecule has 8 nitrogen and oxygen atoms in total. The Labute approximate surface area is 151 Å². The van der Waals surface area contributed by atoms with E-state index in [4.69, 9.17) is 10.5 Å². The Morgan fingerprint density at radius 3 is 3.00 bits per heavy atom. The van der Waals surface area contributed by atoms with E-state index in [1.54, 1.807) is 18.2 Å². The van der Waals surface area contributed by atoms with Gasteiger partial charge in [-0.25, -0.2) is 4.98 Å². The van der Waals surface area contributed by atoms with Gasteiger partial charge in [0.25, 0.3) is 5.91 Å². The van der Waals surface area contributed by atoms with Gasteiger partial charge in [-0.15, -0.1) is 0 Å². The van der Waals surface area contributed by atoms with E-state index >= 15 is 0 Å². The van der Waals surface area contributed by atoms with Crippen LogP contribution in [-0.2, 0) is 0 Å². The summed E-state index contributed by atoms with van der Waals surface area (Å²) in [5.74, 6) is 1.15. The van der Waals surface area contributed by atoms with Crippen LogP contribution in [0.5, 0.6) is 5.75 Å². The molecule has 0 atom stereocenters. The molecular formula is C18H22N6O2. The quantitative estimate of drug-likeness (QED) is 0.483. The first-order valence-corrected chi connectivity index (χ1v) is 8.39. The average Bonchev–Trinajstić information content (AvgIpc) is 2.60. The van der Waals surface area contributed by atoms with Gasteiger partial charge in [-0.2, -0.15) is 4.98 Å². The summed E-state index contributed by atoms with van der Waals surface area (Å²) in [6, 6.07) is 5.33. The number of aromatic nitrogens is 2. The van der Waals surface area contributed by atoms with Crippen molar-refractivity contribution < 1.29 is 9.53 Å². The minimum absolute atomic E-state index is 0.00363. The molecule has 0 fully saturated rings. The molecule has 1 aromatic heterocycles. The fraction of sp³-hybridized carbons (Fsp3) is 0.278. The predicted molar refractivity (Wildman–Crippen MR) is 102 cm³/mol. The number of fused-ring (bicyclic) bond motifs is 4. The lowest BCUT2D eigenvalue weighted by Gasteiger charge is -2.15. The van der Waals surface area contributed by atoms with Crippen molar-refractivity contribution in [1.82, 2.24) is 15.3 Å². The van der Waals surface area contributed by atoms with E-state index in [0.717, 1.165) is 0 Å². The SMILES string of the molecule is CC(C)NC(=O)c1cnc2nc1Nc1ccc(N)c(c1)OC/C=C\CN2. The van der Waals surface area contributed by atoms with E-state index in [1.165, 1.54) is 6.20 Å². The van der Waals surface area contributed by atoms with Gasteiger partial charge < -0.3 is 26.4 Å². The molecule has 1 aromatic carbocycles. The predicted octanol–water partition coefficient (Wildman–Crippen LogP) is 2.30. The molecule has 8 heteroatoms. The first-order valence-electron chi connectivity index (χ1n) is 8.39. The third-order valence-electron chi connectivity index (χ3n) is 3.61. The fourth-order valence-corrected chi connectivity index (χ4v) is 2.38. The minimum atomic E-state index is -0.245. The lowest BCUT2D eigenvalue weighted by atomic mass is 10.2. The van der Waals surface area contributed by atoms with Gasteiger partial charge in [0.05, 0.1) is 5.69 Å². The number of nitrogen functional groups attached to an aromatic ring is 1. The normalized spacial score (nSPS) is 14.6. The van der Waals surface area contributed by atoms with Crippen LogP contribution in [0.2, 0.25) is 0 Å². The van der Waals surface area contributed by atoms with E-state index in [-0.39, 0.29) is 11.9 Å². The third-order valence-corrected chi connectivity index (χ3v) is 3.61. The van der Waals surface area contributed by atoms with Crippen molar-refractivity contribution in [3.8, 4) is 5.75 Å². The highest BCUT2D eigenvalue weighted by Gasteiger charge is 2.16. The van der Waals surface area contributed by atoms with E-state index < -0.39 is 0 Å². The van der Waals surface area contributed by atoms with Gasteiger partial charge in [-0.1, -0.05) is 6.08 Å². The van der Waals surface area contributed by atoms with Crippen LogP contribution in [0, 0.1) is 0 Å². The number of amides is 1.